The Bertz CT molecular complexity index is 438. The number of nitrogens with zero attached hydrogens (tertiary/aromatic N) is 1. The van der Waals surface area contributed by atoms with E-state index < -0.39 is 0 Å². The van der Waals surface area contributed by atoms with E-state index in [1.54, 1.807) is 19.2 Å². The lowest BCUT2D eigenvalue weighted by Crippen LogP contribution is -2.35. The topological polar surface area (TPSA) is 41.6 Å². The van der Waals surface area contributed by atoms with Gasteiger partial charge in [0.05, 0.1) is 12.7 Å². The molecule has 1 N–H and O–H groups in total. The predicted molar refractivity (Wildman–Crippen MR) is 85.4 cm³/mol. The Morgan fingerprint density at radius 3 is 2.70 bits per heavy atom. The third kappa shape index (κ3) is 5.13. The first-order valence-electron chi connectivity index (χ1n) is 6.96. The number of halogens is 1. The minimum atomic E-state index is -0.0955. The van der Waals surface area contributed by atoms with Gasteiger partial charge in [0.15, 0.2) is 0 Å². The van der Waals surface area contributed by atoms with Crippen LogP contribution in [-0.2, 0) is 0 Å². The van der Waals surface area contributed by atoms with Crippen molar-refractivity contribution in [2.45, 2.75) is 20.3 Å². The number of carbonyl (C=O) groups is 1. The summed E-state index contributed by atoms with van der Waals surface area (Å²) in [6.45, 7) is 7.88. The summed E-state index contributed by atoms with van der Waals surface area (Å²) in [5.74, 6) is 0.486. The minimum Gasteiger partial charge on any atom is -0.496 e. The van der Waals surface area contributed by atoms with Gasteiger partial charge in [0.25, 0.3) is 5.91 Å². The van der Waals surface area contributed by atoms with Gasteiger partial charge < -0.3 is 15.0 Å². The van der Waals surface area contributed by atoms with Crippen LogP contribution in [0.1, 0.15) is 30.6 Å². The lowest BCUT2D eigenvalue weighted by Gasteiger charge is -2.19. The summed E-state index contributed by atoms with van der Waals surface area (Å²) in [6.07, 6.45) is 1.13. The van der Waals surface area contributed by atoms with Gasteiger partial charge in [-0.25, -0.2) is 0 Å². The van der Waals surface area contributed by atoms with Crippen molar-refractivity contribution in [2.75, 3.05) is 33.3 Å². The first-order valence-corrected chi connectivity index (χ1v) is 7.75. The summed E-state index contributed by atoms with van der Waals surface area (Å²) >= 11 is 3.37. The van der Waals surface area contributed by atoms with E-state index in [2.05, 4.69) is 40.0 Å². The monoisotopic (exact) mass is 342 g/mol. The standard InChI is InChI=1S/C15H23BrN2O2/c1-4-9-18(5-2)10-8-17-15(19)13-7-6-12(16)11-14(13)20-3/h6-7,11H,4-5,8-10H2,1-3H3,(H,17,19). The van der Waals surface area contributed by atoms with Gasteiger partial charge in [-0.15, -0.1) is 0 Å². The molecular weight excluding hydrogens is 320 g/mol. The number of amides is 1. The molecule has 1 amide bonds. The average molecular weight is 343 g/mol. The Morgan fingerprint density at radius 2 is 2.10 bits per heavy atom. The van der Waals surface area contributed by atoms with E-state index in [1.165, 1.54) is 0 Å². The van der Waals surface area contributed by atoms with Crippen molar-refractivity contribution in [1.82, 2.24) is 10.2 Å². The highest BCUT2D eigenvalue weighted by molar-refractivity contribution is 9.10. The summed E-state index contributed by atoms with van der Waals surface area (Å²) in [4.78, 5) is 14.5. The molecule has 0 aliphatic carbocycles. The lowest BCUT2D eigenvalue weighted by molar-refractivity contribution is 0.0945. The molecule has 1 aromatic carbocycles. The van der Waals surface area contributed by atoms with Crippen LogP contribution in [-0.4, -0.2) is 44.1 Å². The maximum atomic E-state index is 12.1. The van der Waals surface area contributed by atoms with Gasteiger partial charge in [-0.3, -0.25) is 4.79 Å². The first kappa shape index (κ1) is 17.0. The second-order valence-electron chi connectivity index (χ2n) is 4.53. The van der Waals surface area contributed by atoms with Gasteiger partial charge >= 0.3 is 0 Å². The normalized spacial score (nSPS) is 10.7. The lowest BCUT2D eigenvalue weighted by atomic mass is 10.2. The minimum absolute atomic E-state index is 0.0955. The number of carbonyl (C=O) groups excluding carboxylic acids is 1. The average Bonchev–Trinajstić information content (AvgIpc) is 2.45. The molecule has 0 bridgehead atoms. The molecule has 4 nitrogen and oxygen atoms in total. The van der Waals surface area contributed by atoms with Gasteiger partial charge in [-0.05, 0) is 37.7 Å². The van der Waals surface area contributed by atoms with E-state index in [0.29, 0.717) is 17.9 Å². The van der Waals surface area contributed by atoms with E-state index in [1.807, 2.05) is 6.07 Å². The molecule has 0 spiro atoms. The number of hydrogen-bond donors (Lipinski definition) is 1. The number of likely N-dealkylation sites (N-methyl/N-ethyl adjacent to an activating group) is 1. The Kier molecular flexibility index (Phi) is 7.62. The number of methoxy groups -OCH3 is 1. The highest BCUT2D eigenvalue weighted by atomic mass is 79.9. The second-order valence-corrected chi connectivity index (χ2v) is 5.45. The van der Waals surface area contributed by atoms with Gasteiger partial charge in [-0.2, -0.15) is 0 Å². The zero-order chi connectivity index (χ0) is 15.0. The quantitative estimate of drug-likeness (QED) is 0.789. The van der Waals surface area contributed by atoms with Crippen LogP contribution in [0.15, 0.2) is 22.7 Å². The fourth-order valence-corrected chi connectivity index (χ4v) is 2.36. The fourth-order valence-electron chi connectivity index (χ4n) is 2.02. The molecule has 0 saturated heterocycles. The van der Waals surface area contributed by atoms with E-state index in [0.717, 1.165) is 30.5 Å². The third-order valence-electron chi connectivity index (χ3n) is 3.11. The van der Waals surface area contributed by atoms with E-state index >= 15 is 0 Å². The van der Waals surface area contributed by atoms with Crippen LogP contribution in [0.2, 0.25) is 0 Å². The third-order valence-corrected chi connectivity index (χ3v) is 3.60. The Labute approximate surface area is 129 Å². The van der Waals surface area contributed by atoms with Crippen LogP contribution in [0.3, 0.4) is 0 Å². The van der Waals surface area contributed by atoms with Crippen LogP contribution in [0.4, 0.5) is 0 Å². The molecule has 20 heavy (non-hydrogen) atoms. The van der Waals surface area contributed by atoms with Crippen LogP contribution in [0, 0.1) is 0 Å². The highest BCUT2D eigenvalue weighted by Crippen LogP contribution is 2.23. The van der Waals surface area contributed by atoms with Crippen molar-refractivity contribution in [2.24, 2.45) is 0 Å². The molecule has 1 rings (SSSR count). The summed E-state index contributed by atoms with van der Waals surface area (Å²) in [5.41, 5.74) is 0.564. The Morgan fingerprint density at radius 1 is 1.35 bits per heavy atom. The molecule has 1 aromatic rings. The van der Waals surface area contributed by atoms with Gasteiger partial charge in [0.1, 0.15) is 5.75 Å². The summed E-state index contributed by atoms with van der Waals surface area (Å²) in [7, 11) is 1.57. The van der Waals surface area contributed by atoms with Crippen molar-refractivity contribution in [1.29, 1.82) is 0 Å². The van der Waals surface area contributed by atoms with Crippen LogP contribution in [0.5, 0.6) is 5.75 Å². The zero-order valence-corrected chi connectivity index (χ0v) is 14.0. The number of ether oxygens (including phenoxy) is 1. The van der Waals surface area contributed by atoms with Crippen molar-refractivity contribution in [3.8, 4) is 5.75 Å². The molecule has 112 valence electrons. The number of hydrogen-bond acceptors (Lipinski definition) is 3. The molecule has 0 aromatic heterocycles. The van der Waals surface area contributed by atoms with Crippen LogP contribution in [0.25, 0.3) is 0 Å². The zero-order valence-electron chi connectivity index (χ0n) is 12.4. The number of rotatable bonds is 8. The predicted octanol–water partition coefficient (Wildman–Crippen LogP) is 2.92. The van der Waals surface area contributed by atoms with Crippen LogP contribution >= 0.6 is 15.9 Å². The Balaban J connectivity index is 2.54. The molecule has 0 heterocycles. The molecule has 0 aliphatic rings. The van der Waals surface area contributed by atoms with Gasteiger partial charge in [0, 0.05) is 17.6 Å². The SMILES string of the molecule is CCCN(CC)CCNC(=O)c1ccc(Br)cc1OC. The Hall–Kier alpha value is -1.07. The van der Waals surface area contributed by atoms with Crippen molar-refractivity contribution in [3.63, 3.8) is 0 Å². The van der Waals surface area contributed by atoms with Gasteiger partial charge in [-0.1, -0.05) is 29.8 Å². The molecule has 5 heteroatoms. The maximum absolute atomic E-state index is 12.1. The smallest absolute Gasteiger partial charge is 0.255 e. The summed E-state index contributed by atoms with van der Waals surface area (Å²) in [5, 5.41) is 2.94. The number of benzene rings is 1. The van der Waals surface area contributed by atoms with Crippen LogP contribution < -0.4 is 10.1 Å². The molecule has 0 atom stereocenters. The van der Waals surface area contributed by atoms with E-state index in [-0.39, 0.29) is 5.91 Å². The summed E-state index contributed by atoms with van der Waals surface area (Å²) in [6, 6.07) is 5.40. The fraction of sp³-hybridized carbons (Fsp3) is 0.533. The van der Waals surface area contributed by atoms with Gasteiger partial charge in [0.2, 0.25) is 0 Å². The van der Waals surface area contributed by atoms with E-state index in [9.17, 15) is 4.79 Å². The molecular formula is C15H23BrN2O2. The molecule has 0 radical (unpaired) electrons. The maximum Gasteiger partial charge on any atom is 0.255 e. The molecule has 0 unspecified atom stereocenters. The second kappa shape index (κ2) is 8.97. The first-order chi connectivity index (χ1) is 9.62. The van der Waals surface area contributed by atoms with E-state index in [4.69, 9.17) is 4.74 Å². The molecule has 0 saturated carbocycles. The van der Waals surface area contributed by atoms with Crippen molar-refractivity contribution < 1.29 is 9.53 Å². The van der Waals surface area contributed by atoms with Crippen molar-refractivity contribution >= 4 is 21.8 Å². The summed E-state index contributed by atoms with van der Waals surface area (Å²) < 4.78 is 6.13. The largest absolute Gasteiger partial charge is 0.496 e. The molecule has 0 aliphatic heterocycles. The molecule has 0 fully saturated rings. The van der Waals surface area contributed by atoms with Crippen molar-refractivity contribution in [3.05, 3.63) is 28.2 Å². The highest BCUT2D eigenvalue weighted by Gasteiger charge is 2.12. The number of nitrogens with one attached hydrogen (secondary N) is 1.